The van der Waals surface area contributed by atoms with Crippen molar-refractivity contribution in [3.63, 3.8) is 0 Å². The van der Waals surface area contributed by atoms with Crippen molar-refractivity contribution in [2.24, 2.45) is 0 Å². The number of nitrogens with one attached hydrogen (secondary N) is 2. The van der Waals surface area contributed by atoms with Crippen LogP contribution in [0.15, 0.2) is 59.5 Å². The van der Waals surface area contributed by atoms with E-state index in [9.17, 15) is 8.42 Å². The number of hydrogen-bond donors (Lipinski definition) is 2. The number of ether oxygens (including phenoxy) is 1. The molecule has 2 N–H and O–H groups in total. The molecule has 3 aromatic rings. The number of anilines is 4. The van der Waals surface area contributed by atoms with Crippen molar-refractivity contribution in [1.82, 2.24) is 9.97 Å². The average molecular weight is 454 g/mol. The van der Waals surface area contributed by atoms with E-state index in [1.54, 1.807) is 24.3 Å². The predicted molar refractivity (Wildman–Crippen MR) is 126 cm³/mol. The minimum atomic E-state index is -3.64. The zero-order valence-corrected chi connectivity index (χ0v) is 19.0. The van der Waals surface area contributed by atoms with Crippen LogP contribution in [0.1, 0.15) is 18.2 Å². The van der Waals surface area contributed by atoms with Gasteiger partial charge in [-0.25, -0.2) is 13.4 Å². The lowest BCUT2D eigenvalue weighted by Crippen LogP contribution is -2.37. The molecule has 2 heterocycles. The first-order chi connectivity index (χ1) is 15.4. The number of morpholine rings is 1. The van der Waals surface area contributed by atoms with Gasteiger partial charge in [-0.05, 0) is 55.3 Å². The Bertz CT molecular complexity index is 1160. The Labute approximate surface area is 188 Å². The first kappa shape index (κ1) is 22.0. The SMILES string of the molecule is CCc1ccc(S(=O)(=O)Nc2ccc(Nc3cc(C)nc(N4CCOCC4)n3)cc2)cc1. The van der Waals surface area contributed by atoms with Gasteiger partial charge in [0.25, 0.3) is 10.0 Å². The standard InChI is InChI=1S/C23H27N5O3S/c1-3-18-4-10-21(11-5-18)32(29,30)27-20-8-6-19(7-9-20)25-22-16-17(2)24-23(26-22)28-12-14-31-15-13-28/h4-11,16,27H,3,12-15H2,1-2H3,(H,24,25,26). The smallest absolute Gasteiger partial charge is 0.261 e. The molecule has 1 aliphatic heterocycles. The summed E-state index contributed by atoms with van der Waals surface area (Å²) in [7, 11) is -3.64. The summed E-state index contributed by atoms with van der Waals surface area (Å²) < 4.78 is 33.3. The number of rotatable bonds is 7. The minimum Gasteiger partial charge on any atom is -0.378 e. The fourth-order valence-corrected chi connectivity index (χ4v) is 4.47. The fraction of sp³-hybridized carbons (Fsp3) is 0.304. The highest BCUT2D eigenvalue weighted by atomic mass is 32.2. The molecule has 168 valence electrons. The van der Waals surface area contributed by atoms with Crippen LogP contribution in [0, 0.1) is 6.92 Å². The zero-order chi connectivity index (χ0) is 22.6. The molecule has 1 fully saturated rings. The van der Waals surface area contributed by atoms with E-state index in [0.29, 0.717) is 30.7 Å². The van der Waals surface area contributed by atoms with E-state index in [-0.39, 0.29) is 4.90 Å². The summed E-state index contributed by atoms with van der Waals surface area (Å²) in [4.78, 5) is 11.5. The summed E-state index contributed by atoms with van der Waals surface area (Å²) in [6.45, 7) is 6.82. The molecule has 9 heteroatoms. The van der Waals surface area contributed by atoms with Gasteiger partial charge in [0.05, 0.1) is 18.1 Å². The van der Waals surface area contributed by atoms with E-state index in [1.165, 1.54) is 0 Å². The summed E-state index contributed by atoms with van der Waals surface area (Å²) in [5.74, 6) is 1.36. The largest absolute Gasteiger partial charge is 0.378 e. The molecule has 0 saturated carbocycles. The third kappa shape index (κ3) is 5.35. The molecule has 0 spiro atoms. The normalized spacial score (nSPS) is 14.2. The minimum absolute atomic E-state index is 0.240. The molecule has 0 bridgehead atoms. The van der Waals surface area contributed by atoms with Gasteiger partial charge in [-0.1, -0.05) is 19.1 Å². The van der Waals surface area contributed by atoms with E-state index in [4.69, 9.17) is 4.74 Å². The Kier molecular flexibility index (Phi) is 6.57. The van der Waals surface area contributed by atoms with Gasteiger partial charge in [-0.2, -0.15) is 4.98 Å². The summed E-state index contributed by atoms with van der Waals surface area (Å²) in [6.07, 6.45) is 0.863. The van der Waals surface area contributed by atoms with Crippen LogP contribution in [-0.2, 0) is 21.2 Å². The number of hydrogen-bond acceptors (Lipinski definition) is 7. The van der Waals surface area contributed by atoms with Crippen LogP contribution in [0.5, 0.6) is 0 Å². The lowest BCUT2D eigenvalue weighted by molar-refractivity contribution is 0.122. The second kappa shape index (κ2) is 9.54. The Hall–Kier alpha value is -3.17. The van der Waals surface area contributed by atoms with Crippen molar-refractivity contribution in [3.05, 3.63) is 65.9 Å². The van der Waals surface area contributed by atoms with E-state index in [2.05, 4.69) is 24.9 Å². The van der Waals surface area contributed by atoms with Gasteiger partial charge in [0, 0.05) is 36.2 Å². The summed E-state index contributed by atoms with van der Waals surface area (Å²) in [5.41, 5.74) is 3.24. The van der Waals surface area contributed by atoms with Crippen molar-refractivity contribution in [2.75, 3.05) is 41.2 Å². The Balaban J connectivity index is 1.45. The molecule has 1 aliphatic rings. The van der Waals surface area contributed by atoms with Crippen molar-refractivity contribution in [3.8, 4) is 0 Å². The second-order valence-corrected chi connectivity index (χ2v) is 9.28. The van der Waals surface area contributed by atoms with Crippen molar-refractivity contribution >= 4 is 33.2 Å². The third-order valence-corrected chi connectivity index (χ3v) is 6.58. The van der Waals surface area contributed by atoms with Gasteiger partial charge >= 0.3 is 0 Å². The highest BCUT2D eigenvalue weighted by molar-refractivity contribution is 7.92. The molecule has 0 amide bonds. The number of sulfonamides is 1. The third-order valence-electron chi connectivity index (χ3n) is 5.19. The Morgan fingerprint density at radius 1 is 0.969 bits per heavy atom. The van der Waals surface area contributed by atoms with Crippen molar-refractivity contribution in [1.29, 1.82) is 0 Å². The number of aromatic nitrogens is 2. The molecule has 0 aliphatic carbocycles. The molecule has 1 aromatic heterocycles. The van der Waals surface area contributed by atoms with Gasteiger partial charge in [0.15, 0.2) is 0 Å². The number of benzene rings is 2. The molecule has 1 saturated heterocycles. The molecule has 0 unspecified atom stereocenters. The first-order valence-corrected chi connectivity index (χ1v) is 12.1. The van der Waals surface area contributed by atoms with Crippen molar-refractivity contribution in [2.45, 2.75) is 25.2 Å². The molecule has 4 rings (SSSR count). The topological polar surface area (TPSA) is 96.5 Å². The quantitative estimate of drug-likeness (QED) is 0.563. The van der Waals surface area contributed by atoms with E-state index in [0.717, 1.165) is 36.5 Å². The summed E-state index contributed by atoms with van der Waals surface area (Å²) >= 11 is 0. The predicted octanol–water partition coefficient (Wildman–Crippen LogP) is 3.73. The van der Waals surface area contributed by atoms with Crippen LogP contribution in [0.4, 0.5) is 23.1 Å². The van der Waals surface area contributed by atoms with Gasteiger partial charge in [-0.15, -0.1) is 0 Å². The summed E-state index contributed by atoms with van der Waals surface area (Å²) in [5, 5.41) is 3.27. The van der Waals surface area contributed by atoms with Crippen LogP contribution < -0.4 is 14.9 Å². The van der Waals surface area contributed by atoms with E-state index >= 15 is 0 Å². The highest BCUT2D eigenvalue weighted by Crippen LogP contribution is 2.22. The Morgan fingerprint density at radius 3 is 2.28 bits per heavy atom. The maximum Gasteiger partial charge on any atom is 0.261 e. The van der Waals surface area contributed by atoms with Crippen LogP contribution in [0.2, 0.25) is 0 Å². The van der Waals surface area contributed by atoms with Crippen LogP contribution in [0.25, 0.3) is 0 Å². The second-order valence-electron chi connectivity index (χ2n) is 7.60. The molecule has 0 radical (unpaired) electrons. The zero-order valence-electron chi connectivity index (χ0n) is 18.2. The molecular formula is C23H27N5O3S. The molecular weight excluding hydrogens is 426 g/mol. The van der Waals surface area contributed by atoms with Crippen LogP contribution in [-0.4, -0.2) is 44.7 Å². The van der Waals surface area contributed by atoms with Gasteiger partial charge < -0.3 is 15.0 Å². The maximum absolute atomic E-state index is 12.6. The van der Waals surface area contributed by atoms with Crippen molar-refractivity contribution < 1.29 is 13.2 Å². The van der Waals surface area contributed by atoms with Crippen LogP contribution >= 0.6 is 0 Å². The number of nitrogens with zero attached hydrogens (tertiary/aromatic N) is 3. The fourth-order valence-electron chi connectivity index (χ4n) is 3.41. The highest BCUT2D eigenvalue weighted by Gasteiger charge is 2.16. The first-order valence-electron chi connectivity index (χ1n) is 10.6. The molecule has 2 aromatic carbocycles. The molecule has 32 heavy (non-hydrogen) atoms. The number of aryl methyl sites for hydroxylation is 2. The van der Waals surface area contributed by atoms with Crippen LogP contribution in [0.3, 0.4) is 0 Å². The van der Waals surface area contributed by atoms with E-state index < -0.39 is 10.0 Å². The maximum atomic E-state index is 12.6. The molecule has 0 atom stereocenters. The molecule has 8 nitrogen and oxygen atoms in total. The Morgan fingerprint density at radius 2 is 1.62 bits per heavy atom. The monoisotopic (exact) mass is 453 g/mol. The lowest BCUT2D eigenvalue weighted by atomic mass is 10.2. The van der Waals surface area contributed by atoms with Gasteiger partial charge in [-0.3, -0.25) is 4.72 Å². The summed E-state index contributed by atoms with van der Waals surface area (Å²) in [6, 6.07) is 15.8. The average Bonchev–Trinajstić information content (AvgIpc) is 2.80. The van der Waals surface area contributed by atoms with E-state index in [1.807, 2.05) is 44.2 Å². The van der Waals surface area contributed by atoms with Gasteiger partial charge in [0.1, 0.15) is 5.82 Å². The van der Waals surface area contributed by atoms with Gasteiger partial charge in [0.2, 0.25) is 5.95 Å². The lowest BCUT2D eigenvalue weighted by Gasteiger charge is -2.27.